The van der Waals surface area contributed by atoms with Crippen LogP contribution in [0.1, 0.15) is 74.8 Å². The van der Waals surface area contributed by atoms with E-state index in [-0.39, 0.29) is 18.4 Å². The molecule has 0 aromatic heterocycles. The van der Waals surface area contributed by atoms with E-state index in [1.54, 1.807) is 6.07 Å². The zero-order chi connectivity index (χ0) is 26.6. The van der Waals surface area contributed by atoms with E-state index in [0.29, 0.717) is 36.6 Å². The van der Waals surface area contributed by atoms with Crippen molar-refractivity contribution in [2.75, 3.05) is 18.7 Å². The fraction of sp³-hybridized carbons (Fsp3) is 0.467. The van der Waals surface area contributed by atoms with Crippen LogP contribution in [0.2, 0.25) is 0 Å². The molecule has 0 radical (unpaired) electrons. The normalized spacial score (nSPS) is 22.6. The Kier molecular flexibility index (Phi) is 8.84. The van der Waals surface area contributed by atoms with Crippen LogP contribution in [0.25, 0.3) is 0 Å². The van der Waals surface area contributed by atoms with Crippen molar-refractivity contribution in [3.8, 4) is 5.75 Å². The molecule has 0 spiro atoms. The van der Waals surface area contributed by atoms with E-state index in [9.17, 15) is 9.67 Å². The highest BCUT2D eigenvalue weighted by atomic mass is 31.2. The SMILES string of the molecule is CCc1cc(OCP2(=O)OCC[C@@H](c3ccc(C)cc3)O2)cc(N)c1CC1=CC(C(C)C)=C(O)CCC1. The molecule has 1 saturated heterocycles. The van der Waals surface area contributed by atoms with E-state index < -0.39 is 7.60 Å². The molecule has 6 nitrogen and oxygen atoms in total. The molecule has 4 rings (SSSR count). The molecule has 3 N–H and O–H groups in total. The monoisotopic (exact) mass is 525 g/mol. The molecule has 0 bridgehead atoms. The number of nitrogen functional groups attached to an aromatic ring is 1. The maximum Gasteiger partial charge on any atom is 0.368 e. The van der Waals surface area contributed by atoms with Gasteiger partial charge in [-0.3, -0.25) is 9.09 Å². The number of aryl methyl sites for hydroxylation is 2. The van der Waals surface area contributed by atoms with Crippen LogP contribution in [-0.4, -0.2) is 18.1 Å². The minimum atomic E-state index is -3.42. The lowest BCUT2D eigenvalue weighted by Gasteiger charge is -2.30. The molecule has 1 unspecified atom stereocenters. The van der Waals surface area contributed by atoms with Gasteiger partial charge in [-0.05, 0) is 66.9 Å². The molecule has 200 valence electrons. The van der Waals surface area contributed by atoms with Gasteiger partial charge in [-0.1, -0.05) is 62.2 Å². The topological polar surface area (TPSA) is 91.0 Å². The van der Waals surface area contributed by atoms with Crippen LogP contribution in [0.5, 0.6) is 5.75 Å². The number of hydrogen-bond acceptors (Lipinski definition) is 6. The molecule has 1 heterocycles. The summed E-state index contributed by atoms with van der Waals surface area (Å²) >= 11 is 0. The van der Waals surface area contributed by atoms with E-state index in [2.05, 4.69) is 26.8 Å². The van der Waals surface area contributed by atoms with Gasteiger partial charge in [0, 0.05) is 24.6 Å². The Balaban J connectivity index is 1.47. The van der Waals surface area contributed by atoms with Gasteiger partial charge in [-0.15, -0.1) is 0 Å². The zero-order valence-corrected chi connectivity index (χ0v) is 23.4. The van der Waals surface area contributed by atoms with Gasteiger partial charge in [-0.2, -0.15) is 0 Å². The third kappa shape index (κ3) is 6.87. The molecule has 1 aliphatic heterocycles. The zero-order valence-electron chi connectivity index (χ0n) is 22.5. The highest BCUT2D eigenvalue weighted by Crippen LogP contribution is 2.56. The molecule has 7 heteroatoms. The van der Waals surface area contributed by atoms with Crippen molar-refractivity contribution in [1.29, 1.82) is 0 Å². The summed E-state index contributed by atoms with van der Waals surface area (Å²) < 4.78 is 30.8. The van der Waals surface area contributed by atoms with Crippen molar-refractivity contribution in [2.24, 2.45) is 5.92 Å². The number of aliphatic hydroxyl groups excluding tert-OH is 1. The summed E-state index contributed by atoms with van der Waals surface area (Å²) in [6.07, 6.45) is 6.47. The Morgan fingerprint density at radius 1 is 1.19 bits per heavy atom. The van der Waals surface area contributed by atoms with Gasteiger partial charge in [0.15, 0.2) is 6.35 Å². The smallest absolute Gasteiger partial charge is 0.368 e. The number of hydrogen-bond donors (Lipinski definition) is 2. The summed E-state index contributed by atoms with van der Waals surface area (Å²) in [5.41, 5.74) is 13.8. The molecule has 0 amide bonds. The van der Waals surface area contributed by atoms with Crippen LogP contribution < -0.4 is 10.5 Å². The molecule has 2 aromatic rings. The maximum absolute atomic E-state index is 13.3. The number of nitrogens with two attached hydrogens (primary N) is 1. The standard InChI is InChI=1S/C30H40NO5P/c1-5-23-17-25(18-28(31)27(23)16-22-7-6-8-29(32)26(15-22)20(2)3)34-19-37(33)35-14-13-30(36-37)24-11-9-21(4)10-12-24/h9-12,15,17-18,20,30,32H,5-8,13-14,16,19,31H2,1-4H3/t30-,37?/m0/s1. The average molecular weight is 526 g/mol. The molecule has 0 saturated carbocycles. The first-order valence-corrected chi connectivity index (χ1v) is 15.0. The predicted octanol–water partition coefficient (Wildman–Crippen LogP) is 7.97. The van der Waals surface area contributed by atoms with Gasteiger partial charge in [0.05, 0.1) is 18.5 Å². The van der Waals surface area contributed by atoms with Crippen LogP contribution in [0.4, 0.5) is 5.69 Å². The van der Waals surface area contributed by atoms with E-state index in [4.69, 9.17) is 19.5 Å². The quantitative estimate of drug-likeness (QED) is 0.268. The number of benzene rings is 2. The lowest BCUT2D eigenvalue weighted by molar-refractivity contribution is 0.0725. The lowest BCUT2D eigenvalue weighted by Crippen LogP contribution is -2.17. The summed E-state index contributed by atoms with van der Waals surface area (Å²) in [4.78, 5) is 0. The summed E-state index contributed by atoms with van der Waals surface area (Å²) in [6, 6.07) is 11.9. The van der Waals surface area contributed by atoms with Crippen LogP contribution in [-0.2, 0) is 26.5 Å². The minimum Gasteiger partial charge on any atom is -0.512 e. The van der Waals surface area contributed by atoms with Crippen molar-refractivity contribution >= 4 is 13.3 Å². The van der Waals surface area contributed by atoms with Crippen LogP contribution in [0.15, 0.2) is 59.4 Å². The Hall–Kier alpha value is -2.53. The van der Waals surface area contributed by atoms with E-state index in [0.717, 1.165) is 47.9 Å². The van der Waals surface area contributed by atoms with Crippen LogP contribution in [0, 0.1) is 12.8 Å². The number of rotatable bonds is 8. The van der Waals surface area contributed by atoms with Crippen molar-refractivity contribution in [3.63, 3.8) is 0 Å². The second-order valence-corrected chi connectivity index (χ2v) is 12.4. The Bertz CT molecular complexity index is 1220. The largest absolute Gasteiger partial charge is 0.512 e. The molecule has 2 atom stereocenters. The molecule has 37 heavy (non-hydrogen) atoms. The highest BCUT2D eigenvalue weighted by molar-refractivity contribution is 7.53. The van der Waals surface area contributed by atoms with Crippen LogP contribution in [0.3, 0.4) is 0 Å². The summed E-state index contributed by atoms with van der Waals surface area (Å²) in [5, 5.41) is 10.4. The van der Waals surface area contributed by atoms with E-state index in [1.807, 2.05) is 37.3 Å². The Morgan fingerprint density at radius 2 is 1.95 bits per heavy atom. The number of ether oxygens (including phenoxy) is 1. The van der Waals surface area contributed by atoms with Crippen molar-refractivity contribution < 1.29 is 23.5 Å². The van der Waals surface area contributed by atoms with E-state index >= 15 is 0 Å². The van der Waals surface area contributed by atoms with Gasteiger partial charge < -0.3 is 20.1 Å². The minimum absolute atomic E-state index is 0.162. The maximum atomic E-state index is 13.3. The predicted molar refractivity (Wildman–Crippen MR) is 149 cm³/mol. The number of allylic oxidation sites excluding steroid dienone is 4. The van der Waals surface area contributed by atoms with Crippen LogP contribution >= 0.6 is 7.60 Å². The number of anilines is 1. The first-order chi connectivity index (χ1) is 17.7. The van der Waals surface area contributed by atoms with Crippen molar-refractivity contribution in [2.45, 2.75) is 72.3 Å². The number of aliphatic hydroxyl groups is 1. The van der Waals surface area contributed by atoms with Gasteiger partial charge in [0.1, 0.15) is 5.75 Å². The average Bonchev–Trinajstić information content (AvgIpc) is 3.05. The molecule has 2 aromatic carbocycles. The van der Waals surface area contributed by atoms with Crippen molar-refractivity contribution in [1.82, 2.24) is 0 Å². The van der Waals surface area contributed by atoms with Gasteiger partial charge in [0.25, 0.3) is 0 Å². The third-order valence-electron chi connectivity index (χ3n) is 7.16. The second kappa shape index (κ2) is 11.9. The lowest BCUT2D eigenvalue weighted by atomic mass is 9.92. The third-order valence-corrected chi connectivity index (χ3v) is 8.75. The molecular weight excluding hydrogens is 485 g/mol. The summed E-state index contributed by atoms with van der Waals surface area (Å²) in [7, 11) is -3.42. The Morgan fingerprint density at radius 3 is 2.65 bits per heavy atom. The van der Waals surface area contributed by atoms with Gasteiger partial charge in [-0.25, -0.2) is 0 Å². The highest BCUT2D eigenvalue weighted by Gasteiger charge is 2.35. The fourth-order valence-corrected chi connectivity index (χ4v) is 6.52. The fourth-order valence-electron chi connectivity index (χ4n) is 5.02. The first kappa shape index (κ1) is 27.5. The molecule has 1 aliphatic carbocycles. The molecular formula is C30H40NO5P. The van der Waals surface area contributed by atoms with Gasteiger partial charge >= 0.3 is 7.60 Å². The summed E-state index contributed by atoms with van der Waals surface area (Å²) in [5.74, 6) is 1.33. The van der Waals surface area contributed by atoms with Gasteiger partial charge in [0.2, 0.25) is 0 Å². The molecule has 1 fully saturated rings. The first-order valence-electron chi connectivity index (χ1n) is 13.3. The summed E-state index contributed by atoms with van der Waals surface area (Å²) in [6.45, 7) is 8.70. The molecule has 2 aliphatic rings. The Labute approximate surface area is 221 Å². The van der Waals surface area contributed by atoms with E-state index in [1.165, 1.54) is 11.1 Å². The van der Waals surface area contributed by atoms with Crippen molar-refractivity contribution in [3.05, 3.63) is 81.6 Å². The second-order valence-electron chi connectivity index (χ2n) is 10.4.